The summed E-state index contributed by atoms with van der Waals surface area (Å²) in [7, 11) is 0. The molecule has 0 aliphatic carbocycles. The van der Waals surface area contributed by atoms with Crippen LogP contribution in [-0.2, 0) is 9.59 Å². The zero-order chi connectivity index (χ0) is 13.3. The van der Waals surface area contributed by atoms with Crippen LogP contribution in [0.5, 0.6) is 0 Å². The lowest BCUT2D eigenvalue weighted by Crippen LogP contribution is -2.26. The van der Waals surface area contributed by atoms with Gasteiger partial charge in [0.25, 0.3) is 0 Å². The quantitative estimate of drug-likeness (QED) is 0.843. The summed E-state index contributed by atoms with van der Waals surface area (Å²) in [6.45, 7) is 4.21. The molecule has 4 heteroatoms. The first-order chi connectivity index (χ1) is 8.49. The lowest BCUT2D eigenvalue weighted by atomic mass is 9.95. The summed E-state index contributed by atoms with van der Waals surface area (Å²) in [6.07, 6.45) is 0.309. The number of ketones is 1. The third-order valence-corrected chi connectivity index (χ3v) is 3.45. The van der Waals surface area contributed by atoms with Crippen LogP contribution in [0.4, 0.5) is 5.69 Å². The molecule has 0 N–H and O–H groups in total. The molecule has 0 spiro atoms. The van der Waals surface area contributed by atoms with Crippen molar-refractivity contribution in [2.24, 2.45) is 11.8 Å². The number of rotatable bonds is 3. The van der Waals surface area contributed by atoms with Gasteiger partial charge in [0, 0.05) is 35.5 Å². The van der Waals surface area contributed by atoms with Crippen LogP contribution < -0.4 is 4.90 Å². The third kappa shape index (κ3) is 2.56. The van der Waals surface area contributed by atoms with Gasteiger partial charge in [0.05, 0.1) is 0 Å². The molecule has 0 bridgehead atoms. The number of Topliss-reactive ketones (excluding diaryl/α,β-unsaturated/α-hetero) is 1. The lowest BCUT2D eigenvalue weighted by molar-refractivity contribution is -0.127. The summed E-state index contributed by atoms with van der Waals surface area (Å²) in [5, 5.41) is 0.596. The number of carbonyl (C=O) groups is 2. The van der Waals surface area contributed by atoms with Crippen LogP contribution in [-0.4, -0.2) is 18.2 Å². The molecular formula is C14H16ClNO2. The maximum atomic E-state index is 12.0. The second-order valence-corrected chi connectivity index (χ2v) is 5.38. The highest BCUT2D eigenvalue weighted by molar-refractivity contribution is 6.30. The van der Waals surface area contributed by atoms with Gasteiger partial charge in [-0.15, -0.1) is 0 Å². The Morgan fingerprint density at radius 2 is 2.17 bits per heavy atom. The van der Waals surface area contributed by atoms with Crippen molar-refractivity contribution in [1.29, 1.82) is 0 Å². The Hall–Kier alpha value is -1.35. The van der Waals surface area contributed by atoms with Gasteiger partial charge in [-0.3, -0.25) is 9.59 Å². The van der Waals surface area contributed by atoms with E-state index >= 15 is 0 Å². The normalized spacial score (nSPS) is 19.7. The van der Waals surface area contributed by atoms with Crippen molar-refractivity contribution in [3.05, 3.63) is 29.3 Å². The van der Waals surface area contributed by atoms with E-state index in [9.17, 15) is 9.59 Å². The van der Waals surface area contributed by atoms with Gasteiger partial charge in [0.1, 0.15) is 5.78 Å². The van der Waals surface area contributed by atoms with Gasteiger partial charge < -0.3 is 4.90 Å². The molecule has 1 amide bonds. The molecule has 96 valence electrons. The Kier molecular flexibility index (Phi) is 3.71. The Balaban J connectivity index is 2.17. The van der Waals surface area contributed by atoms with Crippen molar-refractivity contribution >= 4 is 29.0 Å². The number of carbonyl (C=O) groups excluding carboxylic acids is 2. The molecular weight excluding hydrogens is 250 g/mol. The summed E-state index contributed by atoms with van der Waals surface area (Å²) in [6, 6.07) is 7.17. The number of hydrogen-bond donors (Lipinski definition) is 0. The topological polar surface area (TPSA) is 37.4 Å². The number of anilines is 1. The van der Waals surface area contributed by atoms with E-state index in [1.165, 1.54) is 0 Å². The molecule has 3 nitrogen and oxygen atoms in total. The Morgan fingerprint density at radius 1 is 1.44 bits per heavy atom. The monoisotopic (exact) mass is 265 g/mol. The molecule has 0 aromatic heterocycles. The molecule has 18 heavy (non-hydrogen) atoms. The van der Waals surface area contributed by atoms with E-state index in [-0.39, 0.29) is 23.5 Å². The highest BCUT2D eigenvalue weighted by atomic mass is 35.5. The Bertz CT molecular complexity index is 484. The summed E-state index contributed by atoms with van der Waals surface area (Å²) in [4.78, 5) is 25.5. The van der Waals surface area contributed by atoms with Crippen LogP contribution in [0.1, 0.15) is 20.3 Å². The fourth-order valence-electron chi connectivity index (χ4n) is 2.26. The average Bonchev–Trinajstić information content (AvgIpc) is 2.70. The van der Waals surface area contributed by atoms with Crippen molar-refractivity contribution < 1.29 is 9.59 Å². The summed E-state index contributed by atoms with van der Waals surface area (Å²) in [5.74, 6) is -0.0530. The van der Waals surface area contributed by atoms with Crippen molar-refractivity contribution in [3.8, 4) is 0 Å². The Labute approximate surface area is 112 Å². The first-order valence-electron chi connectivity index (χ1n) is 6.08. The molecule has 1 fully saturated rings. The maximum absolute atomic E-state index is 12.0. The number of halogens is 1. The molecule has 1 atom stereocenters. The highest BCUT2D eigenvalue weighted by Crippen LogP contribution is 2.28. The molecule has 1 aromatic carbocycles. The van der Waals surface area contributed by atoms with Crippen LogP contribution in [0.3, 0.4) is 0 Å². The van der Waals surface area contributed by atoms with Gasteiger partial charge in [0.2, 0.25) is 5.91 Å². The van der Waals surface area contributed by atoms with E-state index in [0.717, 1.165) is 5.69 Å². The van der Waals surface area contributed by atoms with E-state index in [4.69, 9.17) is 11.6 Å². The van der Waals surface area contributed by atoms with Crippen LogP contribution >= 0.6 is 11.6 Å². The lowest BCUT2D eigenvalue weighted by Gasteiger charge is -2.17. The van der Waals surface area contributed by atoms with Crippen molar-refractivity contribution in [3.63, 3.8) is 0 Å². The first-order valence-corrected chi connectivity index (χ1v) is 6.46. The zero-order valence-electron chi connectivity index (χ0n) is 10.5. The average molecular weight is 266 g/mol. The van der Waals surface area contributed by atoms with Gasteiger partial charge >= 0.3 is 0 Å². The number of amides is 1. The fraction of sp³-hybridized carbons (Fsp3) is 0.429. The predicted octanol–water partition coefficient (Wildman–Crippen LogP) is 2.92. The summed E-state index contributed by atoms with van der Waals surface area (Å²) < 4.78 is 0. The van der Waals surface area contributed by atoms with Gasteiger partial charge in [-0.05, 0) is 18.2 Å². The van der Waals surface area contributed by atoms with Gasteiger partial charge in [0.15, 0.2) is 0 Å². The van der Waals surface area contributed by atoms with E-state index in [0.29, 0.717) is 18.0 Å². The van der Waals surface area contributed by atoms with Crippen LogP contribution in [0.25, 0.3) is 0 Å². The summed E-state index contributed by atoms with van der Waals surface area (Å²) >= 11 is 5.92. The summed E-state index contributed by atoms with van der Waals surface area (Å²) in [5.41, 5.74) is 0.770. The molecule has 1 unspecified atom stereocenters. The van der Waals surface area contributed by atoms with Crippen LogP contribution in [0.15, 0.2) is 24.3 Å². The molecule has 1 saturated heterocycles. The largest absolute Gasteiger partial charge is 0.312 e. The molecule has 2 rings (SSSR count). The van der Waals surface area contributed by atoms with Gasteiger partial charge in [-0.25, -0.2) is 0 Å². The second kappa shape index (κ2) is 5.11. The van der Waals surface area contributed by atoms with Crippen LogP contribution in [0, 0.1) is 11.8 Å². The third-order valence-electron chi connectivity index (χ3n) is 3.22. The van der Waals surface area contributed by atoms with Gasteiger partial charge in [-0.1, -0.05) is 31.5 Å². The van der Waals surface area contributed by atoms with E-state index in [2.05, 4.69) is 0 Å². The second-order valence-electron chi connectivity index (χ2n) is 4.94. The minimum atomic E-state index is -0.184. The van der Waals surface area contributed by atoms with Gasteiger partial charge in [-0.2, -0.15) is 0 Å². The zero-order valence-corrected chi connectivity index (χ0v) is 11.3. The van der Waals surface area contributed by atoms with E-state index in [1.807, 2.05) is 26.0 Å². The van der Waals surface area contributed by atoms with E-state index in [1.54, 1.807) is 17.0 Å². The van der Waals surface area contributed by atoms with Crippen molar-refractivity contribution in [2.75, 3.05) is 11.4 Å². The first kappa shape index (κ1) is 13.1. The SMILES string of the molecule is CC(C)C(=O)C1CC(=O)N(c2cccc(Cl)c2)C1. The minimum absolute atomic E-state index is 0.00346. The number of hydrogen-bond acceptors (Lipinski definition) is 2. The van der Waals surface area contributed by atoms with Crippen molar-refractivity contribution in [1.82, 2.24) is 0 Å². The van der Waals surface area contributed by atoms with Crippen molar-refractivity contribution in [2.45, 2.75) is 20.3 Å². The number of nitrogens with zero attached hydrogens (tertiary/aromatic N) is 1. The van der Waals surface area contributed by atoms with E-state index < -0.39 is 0 Å². The predicted molar refractivity (Wildman–Crippen MR) is 71.8 cm³/mol. The molecule has 1 heterocycles. The molecule has 0 radical (unpaired) electrons. The van der Waals surface area contributed by atoms with Crippen LogP contribution in [0.2, 0.25) is 5.02 Å². The highest BCUT2D eigenvalue weighted by Gasteiger charge is 2.35. The molecule has 1 aliphatic rings. The molecule has 1 aromatic rings. The molecule has 0 saturated carbocycles. The fourth-order valence-corrected chi connectivity index (χ4v) is 2.45. The standard InChI is InChI=1S/C14H16ClNO2/c1-9(2)14(18)10-6-13(17)16(8-10)12-5-3-4-11(15)7-12/h3-5,7,9-10H,6,8H2,1-2H3. The molecule has 1 aliphatic heterocycles. The Morgan fingerprint density at radius 3 is 2.78 bits per heavy atom. The number of benzene rings is 1. The minimum Gasteiger partial charge on any atom is -0.312 e. The maximum Gasteiger partial charge on any atom is 0.227 e. The smallest absolute Gasteiger partial charge is 0.227 e.